The Morgan fingerprint density at radius 2 is 2.16 bits per heavy atom. The minimum absolute atomic E-state index is 0.0835. The van der Waals surface area contributed by atoms with Crippen molar-refractivity contribution in [3.63, 3.8) is 0 Å². The van der Waals surface area contributed by atoms with E-state index in [-0.39, 0.29) is 10.3 Å². The molecule has 2 N–H and O–H groups in total. The first-order valence-corrected chi connectivity index (χ1v) is 8.68. The van der Waals surface area contributed by atoms with Gasteiger partial charge in [-0.2, -0.15) is 0 Å². The second-order valence-corrected chi connectivity index (χ2v) is 7.89. The van der Waals surface area contributed by atoms with E-state index in [9.17, 15) is 8.42 Å². The summed E-state index contributed by atoms with van der Waals surface area (Å²) < 4.78 is 26.8. The summed E-state index contributed by atoms with van der Waals surface area (Å²) in [4.78, 5) is 8.19. The Morgan fingerprint density at radius 1 is 1.42 bits per heavy atom. The smallest absolute Gasteiger partial charge is 0.274 e. The lowest BCUT2D eigenvalue weighted by Gasteiger charge is -2.05. The molecule has 0 radical (unpaired) electrons. The third kappa shape index (κ3) is 3.30. The number of aryl methyl sites for hydroxylation is 1. The fraction of sp³-hybridized carbons (Fsp3) is 0.400. The number of anilines is 1. The number of hydrogen-bond donors (Lipinski definition) is 2. The minimum atomic E-state index is -3.58. The van der Waals surface area contributed by atoms with Crippen molar-refractivity contribution in [2.45, 2.75) is 24.1 Å². The van der Waals surface area contributed by atoms with Crippen LogP contribution in [-0.2, 0) is 10.0 Å². The van der Waals surface area contributed by atoms with Crippen LogP contribution in [0.1, 0.15) is 23.7 Å². The van der Waals surface area contributed by atoms with Crippen LogP contribution in [0.15, 0.2) is 15.8 Å². The molecule has 0 aromatic carbocycles. The first-order valence-electron chi connectivity index (χ1n) is 5.50. The van der Waals surface area contributed by atoms with Crippen LogP contribution in [0.2, 0.25) is 0 Å². The number of thiazole rings is 2. The molecule has 1 atom stereocenters. The second kappa shape index (κ2) is 5.53. The molecule has 2 aromatic heterocycles. The molecule has 0 saturated heterocycles. The molecule has 0 amide bonds. The van der Waals surface area contributed by atoms with E-state index in [0.717, 1.165) is 17.0 Å². The van der Waals surface area contributed by atoms with Gasteiger partial charge in [0.2, 0.25) is 0 Å². The maximum absolute atomic E-state index is 12.1. The van der Waals surface area contributed by atoms with Crippen molar-refractivity contribution >= 4 is 37.8 Å². The molecule has 6 nitrogen and oxygen atoms in total. The van der Waals surface area contributed by atoms with Crippen molar-refractivity contribution in [2.24, 2.45) is 0 Å². The standard InChI is InChI=1S/C10H14N4O2S3/c1-6(11-3)8-5-17-10(13-8)14-19(15,16)9-4-12-7(2)18-9/h4-6,11H,1-3H3,(H,13,14). The summed E-state index contributed by atoms with van der Waals surface area (Å²) in [6.07, 6.45) is 1.35. The average Bonchev–Trinajstić information content (AvgIpc) is 2.97. The summed E-state index contributed by atoms with van der Waals surface area (Å²) in [5.41, 5.74) is 0.811. The van der Waals surface area contributed by atoms with Gasteiger partial charge in [0.1, 0.15) is 0 Å². The normalized spacial score (nSPS) is 13.4. The second-order valence-electron chi connectivity index (χ2n) is 3.89. The lowest BCUT2D eigenvalue weighted by atomic mass is 10.3. The lowest BCUT2D eigenvalue weighted by Crippen LogP contribution is -2.14. The van der Waals surface area contributed by atoms with Crippen molar-refractivity contribution in [1.29, 1.82) is 0 Å². The van der Waals surface area contributed by atoms with Crippen molar-refractivity contribution in [2.75, 3.05) is 11.8 Å². The third-order valence-electron chi connectivity index (χ3n) is 2.49. The number of nitrogens with one attached hydrogen (secondary N) is 2. The van der Waals surface area contributed by atoms with Gasteiger partial charge >= 0.3 is 0 Å². The van der Waals surface area contributed by atoms with Crippen molar-refractivity contribution < 1.29 is 8.42 Å². The largest absolute Gasteiger partial charge is 0.312 e. The quantitative estimate of drug-likeness (QED) is 0.881. The van der Waals surface area contributed by atoms with Crippen LogP contribution < -0.4 is 10.0 Å². The highest BCUT2D eigenvalue weighted by atomic mass is 32.2. The zero-order chi connectivity index (χ0) is 14.0. The molecule has 2 heterocycles. The van der Waals surface area contributed by atoms with Crippen LogP contribution in [0.5, 0.6) is 0 Å². The van der Waals surface area contributed by atoms with E-state index in [0.29, 0.717) is 10.1 Å². The lowest BCUT2D eigenvalue weighted by molar-refractivity contribution is 0.602. The molecule has 0 aliphatic heterocycles. The van der Waals surface area contributed by atoms with Gasteiger partial charge in [-0.3, -0.25) is 4.72 Å². The summed E-state index contributed by atoms with van der Waals surface area (Å²) in [5, 5.41) is 5.96. The number of nitrogens with zero attached hydrogens (tertiary/aromatic N) is 2. The minimum Gasteiger partial charge on any atom is -0.312 e. The molecule has 0 aliphatic rings. The van der Waals surface area contributed by atoms with E-state index < -0.39 is 10.0 Å². The molecular formula is C10H14N4O2S3. The van der Waals surface area contributed by atoms with E-state index in [4.69, 9.17) is 0 Å². The first-order chi connectivity index (χ1) is 8.92. The summed E-state index contributed by atoms with van der Waals surface area (Å²) in [7, 11) is -1.75. The van der Waals surface area contributed by atoms with E-state index in [1.165, 1.54) is 17.5 Å². The topological polar surface area (TPSA) is 84.0 Å². The number of sulfonamides is 1. The fourth-order valence-corrected chi connectivity index (χ4v) is 4.48. The van der Waals surface area contributed by atoms with E-state index in [1.807, 2.05) is 19.4 Å². The van der Waals surface area contributed by atoms with Gasteiger partial charge in [0.15, 0.2) is 9.34 Å². The first kappa shape index (κ1) is 14.4. The summed E-state index contributed by atoms with van der Waals surface area (Å²) >= 11 is 2.40. The van der Waals surface area contributed by atoms with Crippen molar-refractivity contribution in [3.05, 3.63) is 22.3 Å². The van der Waals surface area contributed by atoms with Gasteiger partial charge in [0, 0.05) is 11.4 Å². The summed E-state index contributed by atoms with van der Waals surface area (Å²) in [6.45, 7) is 3.72. The molecule has 0 saturated carbocycles. The monoisotopic (exact) mass is 318 g/mol. The molecule has 19 heavy (non-hydrogen) atoms. The molecule has 2 rings (SSSR count). The number of hydrogen-bond acceptors (Lipinski definition) is 7. The zero-order valence-electron chi connectivity index (χ0n) is 10.7. The highest BCUT2D eigenvalue weighted by Crippen LogP contribution is 2.25. The maximum atomic E-state index is 12.1. The Kier molecular flexibility index (Phi) is 4.19. The van der Waals surface area contributed by atoms with Gasteiger partial charge in [0.05, 0.1) is 16.9 Å². The molecule has 9 heteroatoms. The number of aromatic nitrogens is 2. The van der Waals surface area contributed by atoms with Gasteiger partial charge in [-0.15, -0.1) is 22.7 Å². The highest BCUT2D eigenvalue weighted by Gasteiger charge is 2.19. The van der Waals surface area contributed by atoms with Crippen LogP contribution in [0.4, 0.5) is 5.13 Å². The SMILES string of the molecule is CNC(C)c1csc(NS(=O)(=O)c2cnc(C)s2)n1. The predicted octanol–water partition coefficient (Wildman–Crippen LogP) is 1.99. The highest BCUT2D eigenvalue weighted by molar-refractivity contribution is 7.94. The van der Waals surface area contributed by atoms with Crippen LogP contribution in [0, 0.1) is 6.92 Å². The molecule has 1 unspecified atom stereocenters. The molecule has 0 fully saturated rings. The molecule has 0 spiro atoms. The van der Waals surface area contributed by atoms with Crippen molar-refractivity contribution in [1.82, 2.24) is 15.3 Å². The summed E-state index contributed by atoms with van der Waals surface area (Å²) in [5.74, 6) is 0. The average molecular weight is 318 g/mol. The zero-order valence-corrected chi connectivity index (χ0v) is 13.1. The molecular weight excluding hydrogens is 304 g/mol. The van der Waals surface area contributed by atoms with E-state index in [1.54, 1.807) is 6.92 Å². The Morgan fingerprint density at radius 3 is 2.74 bits per heavy atom. The Balaban J connectivity index is 2.19. The van der Waals surface area contributed by atoms with Crippen molar-refractivity contribution in [3.8, 4) is 0 Å². The molecule has 104 valence electrons. The van der Waals surface area contributed by atoms with E-state index in [2.05, 4.69) is 20.0 Å². The molecule has 2 aromatic rings. The van der Waals surface area contributed by atoms with Crippen LogP contribution in [0.25, 0.3) is 0 Å². The molecule has 0 bridgehead atoms. The van der Waals surface area contributed by atoms with Gasteiger partial charge in [-0.25, -0.2) is 18.4 Å². The van der Waals surface area contributed by atoms with Crippen LogP contribution in [0.3, 0.4) is 0 Å². The van der Waals surface area contributed by atoms with E-state index >= 15 is 0 Å². The fourth-order valence-electron chi connectivity index (χ4n) is 1.31. The Bertz CT molecular complexity index is 662. The van der Waals surface area contributed by atoms with Gasteiger partial charge < -0.3 is 5.32 Å². The Hall–Kier alpha value is -1.03. The molecule has 0 aliphatic carbocycles. The Labute approximate surface area is 120 Å². The van der Waals surface area contributed by atoms with Crippen LogP contribution in [-0.4, -0.2) is 25.4 Å². The predicted molar refractivity (Wildman–Crippen MR) is 77.2 cm³/mol. The van der Waals surface area contributed by atoms with Crippen LogP contribution >= 0.6 is 22.7 Å². The third-order valence-corrected chi connectivity index (χ3v) is 6.10. The van der Waals surface area contributed by atoms with Gasteiger partial charge in [-0.1, -0.05) is 0 Å². The maximum Gasteiger partial charge on any atom is 0.274 e. The number of rotatable bonds is 5. The van der Waals surface area contributed by atoms with Gasteiger partial charge in [-0.05, 0) is 20.9 Å². The van der Waals surface area contributed by atoms with Gasteiger partial charge in [0.25, 0.3) is 10.0 Å². The summed E-state index contributed by atoms with van der Waals surface area (Å²) in [6, 6.07) is 0.0835.